The van der Waals surface area contributed by atoms with E-state index in [4.69, 9.17) is 16.6 Å². The molecule has 0 amide bonds. The molecule has 1 aliphatic heterocycles. The number of rotatable bonds is 1. The highest BCUT2D eigenvalue weighted by Gasteiger charge is 2.29. The predicted molar refractivity (Wildman–Crippen MR) is 96.6 cm³/mol. The van der Waals surface area contributed by atoms with Crippen LogP contribution in [-0.2, 0) is 6.42 Å². The number of hydrogen-bond acceptors (Lipinski definition) is 2. The van der Waals surface area contributed by atoms with Crippen molar-refractivity contribution in [3.8, 4) is 0 Å². The van der Waals surface area contributed by atoms with E-state index in [0.717, 1.165) is 39.2 Å². The lowest BCUT2D eigenvalue weighted by molar-refractivity contribution is 0.513. The lowest BCUT2D eigenvalue weighted by Gasteiger charge is -2.29. The first-order valence-corrected chi connectivity index (χ1v) is 8.14. The Labute approximate surface area is 140 Å². The van der Waals surface area contributed by atoms with Crippen molar-refractivity contribution < 1.29 is 0 Å². The highest BCUT2D eigenvalue weighted by molar-refractivity contribution is 6.32. The van der Waals surface area contributed by atoms with Gasteiger partial charge in [0.1, 0.15) is 0 Å². The van der Waals surface area contributed by atoms with Crippen LogP contribution in [0.3, 0.4) is 0 Å². The minimum absolute atomic E-state index is 0.168. The van der Waals surface area contributed by atoms with E-state index in [1.165, 1.54) is 5.56 Å². The molecular formula is C20H17ClN2. The Morgan fingerprint density at radius 3 is 2.74 bits per heavy atom. The second-order valence-corrected chi connectivity index (χ2v) is 7.04. The fraction of sp³-hybridized carbons (Fsp3) is 0.200. The molecule has 0 saturated carbocycles. The van der Waals surface area contributed by atoms with Crippen molar-refractivity contribution in [2.75, 3.05) is 0 Å². The summed E-state index contributed by atoms with van der Waals surface area (Å²) in [4.78, 5) is 9.58. The maximum Gasteiger partial charge on any atom is 0.0744 e. The number of halogens is 1. The van der Waals surface area contributed by atoms with Crippen molar-refractivity contribution in [3.63, 3.8) is 0 Å². The summed E-state index contributed by atoms with van der Waals surface area (Å²) in [5.41, 5.74) is 5.15. The van der Waals surface area contributed by atoms with E-state index in [-0.39, 0.29) is 5.54 Å². The first-order chi connectivity index (χ1) is 11.0. The summed E-state index contributed by atoms with van der Waals surface area (Å²) in [5, 5.41) is 1.94. The lowest BCUT2D eigenvalue weighted by atomic mass is 9.85. The number of aromatic nitrogens is 1. The molecule has 0 bridgehead atoms. The minimum Gasteiger partial charge on any atom is -0.278 e. The molecule has 2 aromatic carbocycles. The Kier molecular flexibility index (Phi) is 3.24. The summed E-state index contributed by atoms with van der Waals surface area (Å²) < 4.78 is 0. The van der Waals surface area contributed by atoms with Crippen LogP contribution in [0.2, 0.25) is 5.02 Å². The second kappa shape index (κ2) is 5.17. The molecule has 23 heavy (non-hydrogen) atoms. The van der Waals surface area contributed by atoms with Crippen molar-refractivity contribution in [3.05, 3.63) is 76.4 Å². The molecule has 2 nitrogen and oxygen atoms in total. The zero-order valence-corrected chi connectivity index (χ0v) is 13.9. The number of nitrogens with zero attached hydrogens (tertiary/aromatic N) is 2. The average molecular weight is 321 g/mol. The van der Waals surface area contributed by atoms with Crippen LogP contribution >= 0.6 is 11.6 Å². The molecule has 0 radical (unpaired) electrons. The number of fused-ring (bicyclic) bond motifs is 2. The van der Waals surface area contributed by atoms with Crippen LogP contribution in [0.25, 0.3) is 10.9 Å². The molecule has 1 aromatic heterocycles. The highest BCUT2D eigenvalue weighted by Crippen LogP contribution is 2.33. The summed E-state index contributed by atoms with van der Waals surface area (Å²) in [6.07, 6.45) is 2.76. The van der Waals surface area contributed by atoms with Crippen molar-refractivity contribution in [1.29, 1.82) is 0 Å². The first kappa shape index (κ1) is 14.4. The van der Waals surface area contributed by atoms with Gasteiger partial charge in [0.15, 0.2) is 0 Å². The van der Waals surface area contributed by atoms with E-state index < -0.39 is 0 Å². The average Bonchev–Trinajstić information content (AvgIpc) is 2.54. The van der Waals surface area contributed by atoms with Crippen LogP contribution in [0.4, 0.5) is 0 Å². The molecule has 3 aromatic rings. The third-order valence-corrected chi connectivity index (χ3v) is 4.62. The minimum atomic E-state index is -0.168. The van der Waals surface area contributed by atoms with E-state index >= 15 is 0 Å². The van der Waals surface area contributed by atoms with Crippen LogP contribution in [0, 0.1) is 0 Å². The SMILES string of the molecule is CC1(C)Cc2c(Cl)cccc2C(c2cnc3ccccc3c2)=N1. The zero-order chi connectivity index (χ0) is 16.0. The first-order valence-electron chi connectivity index (χ1n) is 7.76. The Morgan fingerprint density at radius 1 is 1.04 bits per heavy atom. The fourth-order valence-electron chi connectivity index (χ4n) is 3.22. The van der Waals surface area contributed by atoms with Crippen molar-refractivity contribution in [1.82, 2.24) is 4.98 Å². The Morgan fingerprint density at radius 2 is 1.87 bits per heavy atom. The third-order valence-electron chi connectivity index (χ3n) is 4.26. The van der Waals surface area contributed by atoms with Gasteiger partial charge < -0.3 is 0 Å². The largest absolute Gasteiger partial charge is 0.278 e. The summed E-state index contributed by atoms with van der Waals surface area (Å²) in [6, 6.07) is 16.4. The van der Waals surface area contributed by atoms with E-state index in [9.17, 15) is 0 Å². The Bertz CT molecular complexity index is 941. The summed E-state index contributed by atoms with van der Waals surface area (Å²) in [6.45, 7) is 4.29. The van der Waals surface area contributed by atoms with Gasteiger partial charge in [-0.1, -0.05) is 41.9 Å². The third kappa shape index (κ3) is 2.53. The second-order valence-electron chi connectivity index (χ2n) is 6.63. The van der Waals surface area contributed by atoms with Crippen molar-refractivity contribution >= 4 is 28.2 Å². The number of hydrogen-bond donors (Lipinski definition) is 0. The highest BCUT2D eigenvalue weighted by atomic mass is 35.5. The van der Waals surface area contributed by atoms with Crippen LogP contribution in [0.15, 0.2) is 59.7 Å². The van der Waals surface area contributed by atoms with Gasteiger partial charge in [-0.2, -0.15) is 0 Å². The molecule has 0 atom stereocenters. The van der Waals surface area contributed by atoms with Gasteiger partial charge in [0.05, 0.1) is 16.8 Å². The Hall–Kier alpha value is -2.19. The molecule has 0 unspecified atom stereocenters. The smallest absolute Gasteiger partial charge is 0.0744 e. The molecule has 0 fully saturated rings. The molecular weight excluding hydrogens is 304 g/mol. The molecule has 2 heterocycles. The quantitative estimate of drug-likeness (QED) is 0.615. The fourth-order valence-corrected chi connectivity index (χ4v) is 3.46. The van der Waals surface area contributed by atoms with E-state index in [2.05, 4.69) is 37.0 Å². The van der Waals surface area contributed by atoms with Gasteiger partial charge in [-0.3, -0.25) is 9.98 Å². The summed E-state index contributed by atoms with van der Waals surface area (Å²) in [5.74, 6) is 0. The normalized spacial score (nSPS) is 16.0. The molecule has 0 N–H and O–H groups in total. The molecule has 0 aliphatic carbocycles. The molecule has 114 valence electrons. The van der Waals surface area contributed by atoms with Crippen LogP contribution < -0.4 is 0 Å². The van der Waals surface area contributed by atoms with Gasteiger partial charge in [-0.15, -0.1) is 0 Å². The van der Waals surface area contributed by atoms with Gasteiger partial charge in [0.25, 0.3) is 0 Å². The van der Waals surface area contributed by atoms with Gasteiger partial charge in [0, 0.05) is 27.7 Å². The van der Waals surface area contributed by atoms with Gasteiger partial charge in [0.2, 0.25) is 0 Å². The number of para-hydroxylation sites is 1. The zero-order valence-electron chi connectivity index (χ0n) is 13.2. The summed E-state index contributed by atoms with van der Waals surface area (Å²) >= 11 is 6.45. The Balaban J connectivity index is 1.95. The molecule has 3 heteroatoms. The summed E-state index contributed by atoms with van der Waals surface area (Å²) in [7, 11) is 0. The maximum atomic E-state index is 6.45. The van der Waals surface area contributed by atoms with Crippen LogP contribution in [-0.4, -0.2) is 16.2 Å². The standard InChI is InChI=1S/C20H17ClN2/c1-20(2)11-16-15(7-5-8-17(16)21)19(23-20)14-10-13-6-3-4-9-18(13)22-12-14/h3-10,12H,11H2,1-2H3. The number of benzene rings is 2. The lowest BCUT2D eigenvalue weighted by Crippen LogP contribution is -2.29. The van der Waals surface area contributed by atoms with E-state index in [0.29, 0.717) is 0 Å². The van der Waals surface area contributed by atoms with Gasteiger partial charge in [-0.25, -0.2) is 0 Å². The number of pyridine rings is 1. The van der Waals surface area contributed by atoms with Crippen LogP contribution in [0.5, 0.6) is 0 Å². The van der Waals surface area contributed by atoms with Crippen molar-refractivity contribution in [2.45, 2.75) is 25.8 Å². The van der Waals surface area contributed by atoms with Gasteiger partial charge >= 0.3 is 0 Å². The van der Waals surface area contributed by atoms with Crippen molar-refractivity contribution in [2.24, 2.45) is 4.99 Å². The van der Waals surface area contributed by atoms with Crippen LogP contribution in [0.1, 0.15) is 30.5 Å². The molecule has 0 saturated heterocycles. The molecule has 0 spiro atoms. The maximum absolute atomic E-state index is 6.45. The van der Waals surface area contributed by atoms with Gasteiger partial charge in [-0.05, 0) is 44.0 Å². The van der Waals surface area contributed by atoms with E-state index in [1.54, 1.807) is 0 Å². The topological polar surface area (TPSA) is 25.2 Å². The monoisotopic (exact) mass is 320 g/mol. The van der Waals surface area contributed by atoms with E-state index in [1.807, 2.05) is 36.5 Å². The molecule has 1 aliphatic rings. The predicted octanol–water partition coefficient (Wildman–Crippen LogP) is 5.06. The number of aliphatic imine (C=N–C) groups is 1. The molecule has 4 rings (SSSR count).